The van der Waals surface area contributed by atoms with Gasteiger partial charge in [0, 0.05) is 30.9 Å². The molecule has 5 heteroatoms. The van der Waals surface area contributed by atoms with Gasteiger partial charge in [0.2, 0.25) is 0 Å². The van der Waals surface area contributed by atoms with Gasteiger partial charge in [0.05, 0.1) is 0 Å². The molecule has 1 atom stereocenters. The van der Waals surface area contributed by atoms with Crippen molar-refractivity contribution in [3.8, 4) is 0 Å². The molecule has 0 amide bonds. The maximum atomic E-state index is 14.8. The fourth-order valence-electron chi connectivity index (χ4n) is 3.92. The second kappa shape index (κ2) is 9.68. The maximum Gasteiger partial charge on any atom is 0.151 e. The predicted molar refractivity (Wildman–Crippen MR) is 117 cm³/mol. The van der Waals surface area contributed by atoms with Crippen LogP contribution < -0.4 is 0 Å². The lowest BCUT2D eigenvalue weighted by Crippen LogP contribution is -2.36. The van der Waals surface area contributed by atoms with Crippen LogP contribution in [-0.4, -0.2) is 33.4 Å². The van der Waals surface area contributed by atoms with Crippen molar-refractivity contribution in [2.75, 3.05) is 6.61 Å². The Kier molecular flexibility index (Phi) is 7.25. The zero-order chi connectivity index (χ0) is 21.0. The Bertz CT molecular complexity index is 809. The first-order valence-electron chi connectivity index (χ1n) is 10.7. The third-order valence-electron chi connectivity index (χ3n) is 5.56. The molecule has 4 nitrogen and oxygen atoms in total. The molecule has 0 aliphatic carbocycles. The van der Waals surface area contributed by atoms with Crippen LogP contribution in [0, 0.1) is 6.92 Å². The summed E-state index contributed by atoms with van der Waals surface area (Å²) >= 11 is 0. The van der Waals surface area contributed by atoms with E-state index in [2.05, 4.69) is 49.8 Å². The second-order valence-corrected chi connectivity index (χ2v) is 8.53. The van der Waals surface area contributed by atoms with Crippen molar-refractivity contribution in [1.82, 2.24) is 14.7 Å². The molecule has 1 aliphatic heterocycles. The van der Waals surface area contributed by atoms with Crippen molar-refractivity contribution in [2.45, 2.75) is 78.7 Å². The van der Waals surface area contributed by atoms with Gasteiger partial charge in [0.25, 0.3) is 0 Å². The Morgan fingerprint density at radius 2 is 1.90 bits per heavy atom. The Morgan fingerprint density at radius 3 is 2.48 bits per heavy atom. The van der Waals surface area contributed by atoms with E-state index in [9.17, 15) is 4.39 Å². The SMILES string of the molecule is Cc1cc(/C(F)=C/c2ccc(CN(C(C)C)C(C)C)cc2)nn1C1CCCCO1. The van der Waals surface area contributed by atoms with E-state index < -0.39 is 0 Å². The van der Waals surface area contributed by atoms with E-state index in [4.69, 9.17) is 4.74 Å². The summed E-state index contributed by atoms with van der Waals surface area (Å²) in [6.07, 6.45) is 4.61. The minimum Gasteiger partial charge on any atom is -0.357 e. The van der Waals surface area contributed by atoms with Gasteiger partial charge in [-0.2, -0.15) is 5.10 Å². The molecule has 1 saturated heterocycles. The van der Waals surface area contributed by atoms with E-state index in [-0.39, 0.29) is 12.1 Å². The molecule has 0 spiro atoms. The summed E-state index contributed by atoms with van der Waals surface area (Å²) in [4.78, 5) is 2.44. The number of aryl methyl sites for hydroxylation is 1. The molecule has 2 heterocycles. The molecule has 0 bridgehead atoms. The summed E-state index contributed by atoms with van der Waals surface area (Å²) in [6, 6.07) is 10.9. The fraction of sp³-hybridized carbons (Fsp3) is 0.542. The van der Waals surface area contributed by atoms with E-state index in [1.165, 1.54) is 5.56 Å². The van der Waals surface area contributed by atoms with Crippen LogP contribution in [0.5, 0.6) is 0 Å². The number of nitrogens with zero attached hydrogens (tertiary/aromatic N) is 3. The Morgan fingerprint density at radius 1 is 1.21 bits per heavy atom. The minimum absolute atomic E-state index is 0.0746. The summed E-state index contributed by atoms with van der Waals surface area (Å²) in [5.41, 5.74) is 3.37. The maximum absolute atomic E-state index is 14.8. The highest BCUT2D eigenvalue weighted by molar-refractivity contribution is 5.75. The van der Waals surface area contributed by atoms with E-state index in [0.717, 1.165) is 43.7 Å². The number of hydrogen-bond donors (Lipinski definition) is 0. The van der Waals surface area contributed by atoms with Crippen LogP contribution in [0.3, 0.4) is 0 Å². The number of benzene rings is 1. The van der Waals surface area contributed by atoms with Crippen molar-refractivity contribution in [3.63, 3.8) is 0 Å². The van der Waals surface area contributed by atoms with Crippen LogP contribution in [-0.2, 0) is 11.3 Å². The van der Waals surface area contributed by atoms with E-state index in [1.807, 2.05) is 23.7 Å². The quantitative estimate of drug-likeness (QED) is 0.574. The first kappa shape index (κ1) is 21.7. The van der Waals surface area contributed by atoms with Crippen LogP contribution in [0.2, 0.25) is 0 Å². The fourth-order valence-corrected chi connectivity index (χ4v) is 3.92. The van der Waals surface area contributed by atoms with Crippen molar-refractivity contribution in [2.24, 2.45) is 0 Å². The number of halogens is 1. The average molecular weight is 400 g/mol. The first-order valence-corrected chi connectivity index (χ1v) is 10.7. The topological polar surface area (TPSA) is 30.3 Å². The van der Waals surface area contributed by atoms with Gasteiger partial charge in [-0.1, -0.05) is 24.3 Å². The van der Waals surface area contributed by atoms with Gasteiger partial charge >= 0.3 is 0 Å². The molecule has 0 saturated carbocycles. The molecule has 158 valence electrons. The molecule has 0 radical (unpaired) electrons. The largest absolute Gasteiger partial charge is 0.357 e. The number of rotatable bonds is 7. The molecule has 2 aromatic rings. The zero-order valence-corrected chi connectivity index (χ0v) is 18.4. The van der Waals surface area contributed by atoms with Gasteiger partial charge in [-0.15, -0.1) is 0 Å². The first-order chi connectivity index (χ1) is 13.8. The van der Waals surface area contributed by atoms with Gasteiger partial charge in [-0.3, -0.25) is 4.90 Å². The molecular formula is C24H34FN3O. The smallest absolute Gasteiger partial charge is 0.151 e. The van der Waals surface area contributed by atoms with Crippen LogP contribution >= 0.6 is 0 Å². The Hall–Kier alpha value is -1.98. The molecule has 1 aromatic heterocycles. The molecule has 1 aromatic carbocycles. The number of hydrogen-bond acceptors (Lipinski definition) is 3. The van der Waals surface area contributed by atoms with E-state index >= 15 is 0 Å². The standard InChI is InChI=1S/C24H34FN3O/c1-17(2)27(18(3)4)16-21-11-9-20(10-12-21)15-22(25)23-14-19(5)28(26-23)24-8-6-7-13-29-24/h9-12,14-15,17-18,24H,6-8,13,16H2,1-5H3/b22-15-. The second-order valence-electron chi connectivity index (χ2n) is 8.53. The summed E-state index contributed by atoms with van der Waals surface area (Å²) in [7, 11) is 0. The molecular weight excluding hydrogens is 365 g/mol. The monoisotopic (exact) mass is 399 g/mol. The van der Waals surface area contributed by atoms with Gasteiger partial charge < -0.3 is 4.74 Å². The molecule has 0 N–H and O–H groups in total. The van der Waals surface area contributed by atoms with Crippen LogP contribution in [0.25, 0.3) is 11.9 Å². The molecule has 1 fully saturated rings. The lowest BCUT2D eigenvalue weighted by molar-refractivity contribution is -0.0407. The van der Waals surface area contributed by atoms with Crippen molar-refractivity contribution in [1.29, 1.82) is 0 Å². The Labute approximate surface area is 174 Å². The molecule has 1 unspecified atom stereocenters. The average Bonchev–Trinajstić information content (AvgIpc) is 3.09. The van der Waals surface area contributed by atoms with Gasteiger partial charge in [0.15, 0.2) is 5.83 Å². The van der Waals surface area contributed by atoms with Crippen LogP contribution in [0.15, 0.2) is 30.3 Å². The highest BCUT2D eigenvalue weighted by atomic mass is 19.1. The summed E-state index contributed by atoms with van der Waals surface area (Å²) < 4.78 is 22.4. The third kappa shape index (κ3) is 5.55. The molecule has 1 aliphatic rings. The van der Waals surface area contributed by atoms with Crippen molar-refractivity contribution in [3.05, 3.63) is 52.8 Å². The van der Waals surface area contributed by atoms with Gasteiger partial charge in [-0.05, 0) is 77.2 Å². The van der Waals surface area contributed by atoms with Gasteiger partial charge in [-0.25, -0.2) is 9.07 Å². The third-order valence-corrected chi connectivity index (χ3v) is 5.56. The number of ether oxygens (including phenoxy) is 1. The van der Waals surface area contributed by atoms with Gasteiger partial charge in [0.1, 0.15) is 11.9 Å². The highest BCUT2D eigenvalue weighted by Gasteiger charge is 2.20. The Balaban J connectivity index is 1.71. The molecule has 3 rings (SSSR count). The summed E-state index contributed by atoms with van der Waals surface area (Å²) in [5.74, 6) is -0.318. The summed E-state index contributed by atoms with van der Waals surface area (Å²) in [5, 5.41) is 4.47. The minimum atomic E-state index is -0.318. The predicted octanol–water partition coefficient (Wildman–Crippen LogP) is 5.98. The van der Waals surface area contributed by atoms with E-state index in [1.54, 1.807) is 12.1 Å². The summed E-state index contributed by atoms with van der Waals surface area (Å²) in [6.45, 7) is 12.4. The number of aromatic nitrogens is 2. The van der Waals surface area contributed by atoms with Crippen molar-refractivity contribution < 1.29 is 9.13 Å². The lowest BCUT2D eigenvalue weighted by atomic mass is 10.1. The molecule has 29 heavy (non-hydrogen) atoms. The zero-order valence-electron chi connectivity index (χ0n) is 18.4. The van der Waals surface area contributed by atoms with E-state index in [0.29, 0.717) is 17.8 Å². The normalized spacial score (nSPS) is 18.2. The van der Waals surface area contributed by atoms with Crippen molar-refractivity contribution >= 4 is 11.9 Å². The van der Waals surface area contributed by atoms with Crippen LogP contribution in [0.1, 0.15) is 75.7 Å². The highest BCUT2D eigenvalue weighted by Crippen LogP contribution is 2.26. The van der Waals surface area contributed by atoms with Crippen LogP contribution in [0.4, 0.5) is 4.39 Å². The lowest BCUT2D eigenvalue weighted by Gasteiger charge is -2.30.